The van der Waals surface area contributed by atoms with E-state index in [9.17, 15) is 5.11 Å². The van der Waals surface area contributed by atoms with Crippen LogP contribution in [-0.2, 0) is 17.9 Å². The average Bonchev–Trinajstić information content (AvgIpc) is 2.92. The predicted octanol–water partition coefficient (Wildman–Crippen LogP) is 3.07. The second kappa shape index (κ2) is 9.03. The van der Waals surface area contributed by atoms with E-state index in [4.69, 9.17) is 9.47 Å². The molecule has 0 bridgehead atoms. The fourth-order valence-electron chi connectivity index (χ4n) is 2.36. The summed E-state index contributed by atoms with van der Waals surface area (Å²) < 4.78 is 10.8. The van der Waals surface area contributed by atoms with Crippen LogP contribution >= 0.6 is 11.3 Å². The minimum absolute atomic E-state index is 0.324. The van der Waals surface area contributed by atoms with Gasteiger partial charge >= 0.3 is 0 Å². The highest BCUT2D eigenvalue weighted by atomic mass is 32.1. The van der Waals surface area contributed by atoms with Crippen molar-refractivity contribution in [2.24, 2.45) is 0 Å². The maximum atomic E-state index is 10.1. The molecule has 1 unspecified atom stereocenters. The summed E-state index contributed by atoms with van der Waals surface area (Å²) in [4.78, 5) is 3.47. The van der Waals surface area contributed by atoms with Gasteiger partial charge in [0.15, 0.2) is 0 Å². The van der Waals surface area contributed by atoms with Crippen LogP contribution in [0.4, 0.5) is 0 Å². The van der Waals surface area contributed by atoms with Crippen LogP contribution in [0, 0.1) is 6.92 Å². The number of aryl methyl sites for hydroxylation is 1. The zero-order valence-corrected chi connectivity index (χ0v) is 14.8. The molecule has 1 atom stereocenters. The number of thiophene rings is 1. The van der Waals surface area contributed by atoms with Crippen LogP contribution in [0.1, 0.15) is 16.0 Å². The molecule has 0 aliphatic carbocycles. The molecular formula is C18H25NO3S. The normalized spacial score (nSPS) is 12.6. The standard InChI is InChI=1S/C18H25NO3S/c1-14-7-8-23-18(14)11-19(2)10-16(20)13-22-12-15-5-4-6-17(9-15)21-3/h4-9,16,20H,10-13H2,1-3H3. The van der Waals surface area contributed by atoms with Crippen LogP contribution in [0.25, 0.3) is 0 Å². The van der Waals surface area contributed by atoms with Crippen LogP contribution in [0.3, 0.4) is 0 Å². The Labute approximate surface area is 142 Å². The van der Waals surface area contributed by atoms with Gasteiger partial charge in [-0.25, -0.2) is 0 Å². The maximum absolute atomic E-state index is 10.1. The fraction of sp³-hybridized carbons (Fsp3) is 0.444. The number of nitrogens with zero attached hydrogens (tertiary/aromatic N) is 1. The summed E-state index contributed by atoms with van der Waals surface area (Å²) in [7, 11) is 3.67. The Bertz CT molecular complexity index is 599. The molecule has 0 spiro atoms. The molecule has 0 fully saturated rings. The number of aliphatic hydroxyl groups excluding tert-OH is 1. The Morgan fingerprint density at radius 2 is 2.13 bits per heavy atom. The number of hydrogen-bond acceptors (Lipinski definition) is 5. The molecule has 23 heavy (non-hydrogen) atoms. The van der Waals surface area contributed by atoms with Gasteiger partial charge in [0.2, 0.25) is 0 Å². The van der Waals surface area contributed by atoms with Gasteiger partial charge in [-0.1, -0.05) is 12.1 Å². The van der Waals surface area contributed by atoms with E-state index in [1.807, 2.05) is 31.3 Å². The lowest BCUT2D eigenvalue weighted by Crippen LogP contribution is -2.31. The molecule has 5 heteroatoms. The summed E-state index contributed by atoms with van der Waals surface area (Å²) in [5.41, 5.74) is 2.35. The van der Waals surface area contributed by atoms with Crippen LogP contribution < -0.4 is 4.74 Å². The van der Waals surface area contributed by atoms with Crippen molar-refractivity contribution >= 4 is 11.3 Å². The van der Waals surface area contributed by atoms with Crippen molar-refractivity contribution in [2.75, 3.05) is 27.3 Å². The third-order valence-corrected chi connectivity index (χ3v) is 4.62. The number of rotatable bonds is 9. The first-order valence-corrected chi connectivity index (χ1v) is 8.56. The third kappa shape index (κ3) is 5.95. The number of aliphatic hydroxyl groups is 1. The largest absolute Gasteiger partial charge is 0.497 e. The van der Waals surface area contributed by atoms with Gasteiger partial charge in [-0.3, -0.25) is 4.90 Å². The van der Waals surface area contributed by atoms with Crippen LogP contribution in [0.5, 0.6) is 5.75 Å². The molecule has 4 nitrogen and oxygen atoms in total. The molecule has 0 aliphatic rings. The van der Waals surface area contributed by atoms with Crippen molar-refractivity contribution in [3.05, 3.63) is 51.7 Å². The smallest absolute Gasteiger partial charge is 0.119 e. The number of benzene rings is 1. The van der Waals surface area contributed by atoms with Crippen molar-refractivity contribution in [2.45, 2.75) is 26.2 Å². The lowest BCUT2D eigenvalue weighted by molar-refractivity contribution is 0.0128. The summed E-state index contributed by atoms with van der Waals surface area (Å²) in [5.74, 6) is 0.817. The Morgan fingerprint density at radius 3 is 2.83 bits per heavy atom. The SMILES string of the molecule is COc1cccc(COCC(O)CN(C)Cc2sccc2C)c1. The van der Waals surface area contributed by atoms with Gasteiger partial charge in [0.25, 0.3) is 0 Å². The van der Waals surface area contributed by atoms with E-state index in [1.165, 1.54) is 10.4 Å². The first kappa shape index (κ1) is 17.9. The molecule has 0 saturated heterocycles. The first-order valence-electron chi connectivity index (χ1n) is 7.68. The van der Waals surface area contributed by atoms with Gasteiger partial charge in [-0.15, -0.1) is 11.3 Å². The van der Waals surface area contributed by atoms with Crippen molar-refractivity contribution in [1.82, 2.24) is 4.90 Å². The highest BCUT2D eigenvalue weighted by Gasteiger charge is 2.11. The fourth-order valence-corrected chi connectivity index (χ4v) is 3.35. The number of methoxy groups -OCH3 is 1. The topological polar surface area (TPSA) is 41.9 Å². The zero-order valence-electron chi connectivity index (χ0n) is 14.0. The molecule has 1 heterocycles. The summed E-state index contributed by atoms with van der Waals surface area (Å²) in [6, 6.07) is 9.89. The van der Waals surface area contributed by atoms with Gasteiger partial charge in [-0.2, -0.15) is 0 Å². The summed E-state index contributed by atoms with van der Waals surface area (Å²) in [6.07, 6.45) is -0.495. The van der Waals surface area contributed by atoms with Crippen molar-refractivity contribution < 1.29 is 14.6 Å². The van der Waals surface area contributed by atoms with Crippen LogP contribution in [0.15, 0.2) is 35.7 Å². The highest BCUT2D eigenvalue weighted by Crippen LogP contribution is 2.17. The molecule has 1 aromatic carbocycles. The maximum Gasteiger partial charge on any atom is 0.119 e. The lowest BCUT2D eigenvalue weighted by Gasteiger charge is -2.20. The van der Waals surface area contributed by atoms with Crippen LogP contribution in [0.2, 0.25) is 0 Å². The van der Waals surface area contributed by atoms with Crippen molar-refractivity contribution in [1.29, 1.82) is 0 Å². The van der Waals surface area contributed by atoms with Gasteiger partial charge in [0.1, 0.15) is 5.75 Å². The van der Waals surface area contributed by atoms with E-state index in [0.717, 1.165) is 17.9 Å². The first-order chi connectivity index (χ1) is 11.1. The molecule has 2 rings (SSSR count). The van der Waals surface area contributed by atoms with Crippen LogP contribution in [-0.4, -0.2) is 43.4 Å². The summed E-state index contributed by atoms with van der Waals surface area (Å²) >= 11 is 1.76. The Balaban J connectivity index is 1.70. The van der Waals surface area contributed by atoms with Crippen molar-refractivity contribution in [3.8, 4) is 5.75 Å². The second-order valence-corrected chi connectivity index (χ2v) is 6.74. The molecule has 1 aromatic heterocycles. The third-order valence-electron chi connectivity index (χ3n) is 3.62. The quantitative estimate of drug-likeness (QED) is 0.765. The van der Waals surface area contributed by atoms with Gasteiger partial charge in [0, 0.05) is 18.0 Å². The average molecular weight is 335 g/mol. The predicted molar refractivity (Wildman–Crippen MR) is 94.0 cm³/mol. The summed E-state index contributed by atoms with van der Waals surface area (Å²) in [5, 5.41) is 12.2. The lowest BCUT2D eigenvalue weighted by atomic mass is 10.2. The minimum Gasteiger partial charge on any atom is -0.497 e. The monoisotopic (exact) mass is 335 g/mol. The van der Waals surface area contributed by atoms with E-state index in [1.54, 1.807) is 18.4 Å². The molecule has 126 valence electrons. The van der Waals surface area contributed by atoms with Gasteiger partial charge < -0.3 is 14.6 Å². The summed E-state index contributed by atoms with van der Waals surface area (Å²) in [6.45, 7) is 4.37. The minimum atomic E-state index is -0.495. The van der Waals surface area contributed by atoms with E-state index < -0.39 is 6.10 Å². The molecule has 0 amide bonds. The molecular weight excluding hydrogens is 310 g/mol. The number of hydrogen-bond donors (Lipinski definition) is 1. The Kier molecular flexibility index (Phi) is 7.05. The Morgan fingerprint density at radius 1 is 1.30 bits per heavy atom. The second-order valence-electron chi connectivity index (χ2n) is 5.74. The molecule has 0 saturated carbocycles. The molecule has 2 aromatic rings. The molecule has 1 N–H and O–H groups in total. The zero-order chi connectivity index (χ0) is 16.7. The van der Waals surface area contributed by atoms with E-state index in [-0.39, 0.29) is 0 Å². The van der Waals surface area contributed by atoms with Crippen molar-refractivity contribution in [3.63, 3.8) is 0 Å². The van der Waals surface area contributed by atoms with E-state index >= 15 is 0 Å². The number of likely N-dealkylation sites (N-methyl/N-ethyl adjacent to an activating group) is 1. The molecule has 0 aliphatic heterocycles. The van der Waals surface area contributed by atoms with E-state index in [0.29, 0.717) is 19.8 Å². The Hall–Kier alpha value is -1.40. The molecule has 0 radical (unpaired) electrons. The van der Waals surface area contributed by atoms with Gasteiger partial charge in [-0.05, 0) is 48.7 Å². The highest BCUT2D eigenvalue weighted by molar-refractivity contribution is 7.10. The number of ether oxygens (including phenoxy) is 2. The van der Waals surface area contributed by atoms with E-state index in [2.05, 4.69) is 23.3 Å². The van der Waals surface area contributed by atoms with Gasteiger partial charge in [0.05, 0.1) is 26.4 Å².